The first-order valence-corrected chi connectivity index (χ1v) is 11.0. The van der Waals surface area contributed by atoms with E-state index in [1.54, 1.807) is 23.6 Å². The average molecular weight is 442 g/mol. The second-order valence-corrected chi connectivity index (χ2v) is 8.12. The lowest BCUT2D eigenvalue weighted by Crippen LogP contribution is -2.41. The van der Waals surface area contributed by atoms with Crippen LogP contribution in [0.4, 0.5) is 0 Å². The number of pyridine rings is 1. The highest BCUT2D eigenvalue weighted by molar-refractivity contribution is 7.99. The van der Waals surface area contributed by atoms with Gasteiger partial charge in [0.1, 0.15) is 5.76 Å². The van der Waals surface area contributed by atoms with E-state index in [9.17, 15) is 9.59 Å². The lowest BCUT2D eigenvalue weighted by atomic mass is 9.97. The Kier molecular flexibility index (Phi) is 6.66. The first-order chi connectivity index (χ1) is 15.2. The summed E-state index contributed by atoms with van der Waals surface area (Å²) >= 11 is 1.34. The normalized spacial score (nSPS) is 14.5. The number of amides is 1. The molecule has 0 radical (unpaired) electrons. The van der Waals surface area contributed by atoms with Crippen LogP contribution in [0.25, 0.3) is 11.4 Å². The Labute approximate surface area is 183 Å². The molecule has 1 fully saturated rings. The molecule has 4 rings (SSSR count). The zero-order valence-corrected chi connectivity index (χ0v) is 18.0. The van der Waals surface area contributed by atoms with Crippen molar-refractivity contribution in [2.75, 3.05) is 26.0 Å². The summed E-state index contributed by atoms with van der Waals surface area (Å²) < 4.78 is 12.2. The molecular formula is C21H23N5O4S. The fraction of sp³-hybridized carbons (Fsp3) is 0.381. The number of carbonyl (C=O) groups excluding carboxylic acids is 2. The minimum Gasteiger partial charge on any atom is -0.469 e. The number of aromatic nitrogens is 4. The molecule has 31 heavy (non-hydrogen) atoms. The molecule has 0 bridgehead atoms. The van der Waals surface area contributed by atoms with Crippen molar-refractivity contribution in [3.8, 4) is 11.4 Å². The van der Waals surface area contributed by atoms with Crippen LogP contribution in [0.15, 0.2) is 52.5 Å². The second-order valence-electron chi connectivity index (χ2n) is 7.18. The monoisotopic (exact) mass is 441 g/mol. The van der Waals surface area contributed by atoms with Gasteiger partial charge in [0.2, 0.25) is 5.91 Å². The number of hydrogen-bond donors (Lipinski definition) is 0. The predicted molar refractivity (Wildman–Crippen MR) is 113 cm³/mol. The quantitative estimate of drug-likeness (QED) is 0.407. The molecule has 162 valence electrons. The summed E-state index contributed by atoms with van der Waals surface area (Å²) in [7, 11) is 1.40. The number of likely N-dealkylation sites (tertiary alicyclic amines) is 1. The van der Waals surface area contributed by atoms with E-state index in [-0.39, 0.29) is 23.5 Å². The molecule has 0 aromatic carbocycles. The fourth-order valence-electron chi connectivity index (χ4n) is 3.55. The summed E-state index contributed by atoms with van der Waals surface area (Å²) in [5.41, 5.74) is 0.838. The van der Waals surface area contributed by atoms with Crippen LogP contribution < -0.4 is 0 Å². The Bertz CT molecular complexity index is 1010. The number of nitrogens with zero attached hydrogens (tertiary/aromatic N) is 5. The summed E-state index contributed by atoms with van der Waals surface area (Å²) in [6.45, 7) is 1.56. The van der Waals surface area contributed by atoms with E-state index in [0.717, 1.165) is 11.3 Å². The van der Waals surface area contributed by atoms with Gasteiger partial charge in [-0.05, 0) is 37.1 Å². The van der Waals surface area contributed by atoms with E-state index >= 15 is 0 Å². The van der Waals surface area contributed by atoms with Crippen molar-refractivity contribution in [2.24, 2.45) is 5.92 Å². The molecule has 0 saturated carbocycles. The topological polar surface area (TPSA) is 103 Å². The van der Waals surface area contributed by atoms with Crippen LogP contribution in [0.3, 0.4) is 0 Å². The Morgan fingerprint density at radius 3 is 2.74 bits per heavy atom. The third-order valence-corrected chi connectivity index (χ3v) is 6.19. The number of hydrogen-bond acceptors (Lipinski definition) is 8. The van der Waals surface area contributed by atoms with Crippen molar-refractivity contribution in [1.82, 2.24) is 24.6 Å². The van der Waals surface area contributed by atoms with Crippen LogP contribution in [0.1, 0.15) is 18.6 Å². The lowest BCUT2D eigenvalue weighted by molar-refractivity contribution is -0.148. The maximum atomic E-state index is 12.7. The minimum atomic E-state index is -0.199. The van der Waals surface area contributed by atoms with E-state index in [1.165, 1.54) is 18.9 Å². The van der Waals surface area contributed by atoms with Crippen molar-refractivity contribution in [2.45, 2.75) is 24.5 Å². The van der Waals surface area contributed by atoms with Crippen LogP contribution in [-0.4, -0.2) is 62.5 Å². The number of rotatable bonds is 7. The molecule has 0 spiro atoms. The molecule has 10 heteroatoms. The molecule has 3 aromatic rings. The molecule has 4 heterocycles. The maximum Gasteiger partial charge on any atom is 0.308 e. The van der Waals surface area contributed by atoms with E-state index in [4.69, 9.17) is 9.15 Å². The van der Waals surface area contributed by atoms with Crippen molar-refractivity contribution in [3.63, 3.8) is 0 Å². The van der Waals surface area contributed by atoms with Crippen molar-refractivity contribution < 1.29 is 18.7 Å². The Hall–Kier alpha value is -3.14. The molecule has 1 aliphatic heterocycles. The van der Waals surface area contributed by atoms with Crippen LogP contribution in [-0.2, 0) is 20.9 Å². The van der Waals surface area contributed by atoms with Gasteiger partial charge in [0.25, 0.3) is 0 Å². The predicted octanol–water partition coefficient (Wildman–Crippen LogP) is 2.49. The molecule has 0 N–H and O–H groups in total. The van der Waals surface area contributed by atoms with Crippen molar-refractivity contribution in [1.29, 1.82) is 0 Å². The van der Waals surface area contributed by atoms with E-state index in [0.29, 0.717) is 43.5 Å². The number of piperidine rings is 1. The highest BCUT2D eigenvalue weighted by atomic mass is 32.2. The Morgan fingerprint density at radius 1 is 1.23 bits per heavy atom. The second kappa shape index (κ2) is 9.78. The fourth-order valence-corrected chi connectivity index (χ4v) is 4.39. The number of carbonyl (C=O) groups is 2. The number of methoxy groups -OCH3 is 1. The molecule has 9 nitrogen and oxygen atoms in total. The summed E-state index contributed by atoms with van der Waals surface area (Å²) in [4.78, 5) is 30.4. The third-order valence-electron chi connectivity index (χ3n) is 5.24. The first kappa shape index (κ1) is 21.1. The SMILES string of the molecule is COC(=O)C1CCN(C(=O)CSc2nnc(-c3cccnc3)n2Cc2ccco2)CC1. The van der Waals surface area contributed by atoms with Crippen LogP contribution in [0.5, 0.6) is 0 Å². The van der Waals surface area contributed by atoms with Crippen LogP contribution in [0.2, 0.25) is 0 Å². The molecule has 1 amide bonds. The van der Waals surface area contributed by atoms with Gasteiger partial charge in [0, 0.05) is 31.0 Å². The number of thioether (sulfide) groups is 1. The summed E-state index contributed by atoms with van der Waals surface area (Å²) in [5, 5.41) is 9.27. The summed E-state index contributed by atoms with van der Waals surface area (Å²) in [6, 6.07) is 7.48. The van der Waals surface area contributed by atoms with E-state index in [2.05, 4.69) is 15.2 Å². The Morgan fingerprint density at radius 2 is 2.06 bits per heavy atom. The third kappa shape index (κ3) is 4.96. The van der Waals surface area contributed by atoms with Crippen LogP contribution >= 0.6 is 11.8 Å². The maximum absolute atomic E-state index is 12.7. The van der Waals surface area contributed by atoms with Gasteiger partial charge in [-0.3, -0.25) is 19.1 Å². The van der Waals surface area contributed by atoms with Crippen molar-refractivity contribution in [3.05, 3.63) is 48.7 Å². The number of furan rings is 1. The molecule has 0 atom stereocenters. The van der Waals surface area contributed by atoms with Crippen LogP contribution in [0, 0.1) is 5.92 Å². The van der Waals surface area contributed by atoms with E-state index < -0.39 is 0 Å². The molecule has 1 aliphatic rings. The van der Waals surface area contributed by atoms with E-state index in [1.807, 2.05) is 28.8 Å². The zero-order chi connectivity index (χ0) is 21.6. The standard InChI is InChI=1S/C21H23N5O4S/c1-29-20(28)15-6-9-25(10-7-15)18(27)14-31-21-24-23-19(16-4-2-8-22-12-16)26(21)13-17-5-3-11-30-17/h2-5,8,11-12,15H,6-7,9-10,13-14H2,1H3. The average Bonchev–Trinajstić information content (AvgIpc) is 3.48. The lowest BCUT2D eigenvalue weighted by Gasteiger charge is -2.30. The molecule has 1 saturated heterocycles. The van der Waals surface area contributed by atoms with Gasteiger partial charge >= 0.3 is 5.97 Å². The summed E-state index contributed by atoms with van der Waals surface area (Å²) in [5.74, 6) is 1.37. The van der Waals surface area contributed by atoms with Crippen molar-refractivity contribution >= 4 is 23.6 Å². The highest BCUT2D eigenvalue weighted by Gasteiger charge is 2.28. The largest absolute Gasteiger partial charge is 0.469 e. The highest BCUT2D eigenvalue weighted by Crippen LogP contribution is 2.26. The molecule has 0 aliphatic carbocycles. The van der Waals surface area contributed by atoms with Gasteiger partial charge in [0.05, 0.1) is 31.6 Å². The molecule has 0 unspecified atom stereocenters. The van der Waals surface area contributed by atoms with Gasteiger partial charge in [-0.25, -0.2) is 0 Å². The number of ether oxygens (including phenoxy) is 1. The van der Waals surface area contributed by atoms with Gasteiger partial charge in [0.15, 0.2) is 11.0 Å². The summed E-state index contributed by atoms with van der Waals surface area (Å²) in [6.07, 6.45) is 6.31. The minimum absolute atomic E-state index is 0.0174. The smallest absolute Gasteiger partial charge is 0.308 e. The van der Waals surface area contributed by atoms with Gasteiger partial charge in [-0.15, -0.1) is 10.2 Å². The molecular weight excluding hydrogens is 418 g/mol. The molecule has 3 aromatic heterocycles. The van der Waals surface area contributed by atoms with Gasteiger partial charge in [-0.2, -0.15) is 0 Å². The van der Waals surface area contributed by atoms with Gasteiger partial charge < -0.3 is 14.1 Å². The first-order valence-electron chi connectivity index (χ1n) is 10.00. The van der Waals surface area contributed by atoms with Gasteiger partial charge in [-0.1, -0.05) is 11.8 Å². The number of esters is 1. The Balaban J connectivity index is 1.44. The zero-order valence-electron chi connectivity index (χ0n) is 17.1.